The van der Waals surface area contributed by atoms with Gasteiger partial charge in [-0.05, 0) is 49.5 Å². The quantitative estimate of drug-likeness (QED) is 0.713. The van der Waals surface area contributed by atoms with Crippen LogP contribution in [-0.4, -0.2) is 12.6 Å². The molecule has 0 spiro atoms. The molecule has 0 heterocycles. The SMILES string of the molecule is CCNC(CCCC(C)(C)C)C1CCC(C)C1. The maximum atomic E-state index is 3.73. The van der Waals surface area contributed by atoms with Crippen molar-refractivity contribution in [3.8, 4) is 0 Å². The second-order valence-electron chi connectivity index (χ2n) is 7.30. The highest BCUT2D eigenvalue weighted by Gasteiger charge is 2.28. The van der Waals surface area contributed by atoms with E-state index < -0.39 is 0 Å². The van der Waals surface area contributed by atoms with Crippen molar-refractivity contribution < 1.29 is 0 Å². The van der Waals surface area contributed by atoms with Gasteiger partial charge in [-0.1, -0.05) is 47.5 Å². The number of rotatable bonds is 6. The molecule has 17 heavy (non-hydrogen) atoms. The van der Waals surface area contributed by atoms with E-state index in [0.29, 0.717) is 5.41 Å². The van der Waals surface area contributed by atoms with Crippen LogP contribution in [-0.2, 0) is 0 Å². The molecule has 0 radical (unpaired) electrons. The summed E-state index contributed by atoms with van der Waals surface area (Å²) in [6.45, 7) is 12.9. The molecule has 1 fully saturated rings. The molecule has 102 valence electrons. The first kappa shape index (κ1) is 15.0. The average Bonchev–Trinajstić information content (AvgIpc) is 2.62. The molecular formula is C16H33N. The van der Waals surface area contributed by atoms with Crippen molar-refractivity contribution in [3.63, 3.8) is 0 Å². The topological polar surface area (TPSA) is 12.0 Å². The molecule has 1 saturated carbocycles. The van der Waals surface area contributed by atoms with Crippen LogP contribution in [0.4, 0.5) is 0 Å². The van der Waals surface area contributed by atoms with Gasteiger partial charge in [0.1, 0.15) is 0 Å². The minimum absolute atomic E-state index is 0.500. The molecular weight excluding hydrogens is 206 g/mol. The zero-order valence-corrected chi connectivity index (χ0v) is 12.7. The average molecular weight is 239 g/mol. The lowest BCUT2D eigenvalue weighted by Crippen LogP contribution is -2.35. The molecule has 0 amide bonds. The number of hydrogen-bond donors (Lipinski definition) is 1. The van der Waals surface area contributed by atoms with E-state index in [-0.39, 0.29) is 0 Å². The van der Waals surface area contributed by atoms with Gasteiger partial charge >= 0.3 is 0 Å². The zero-order valence-electron chi connectivity index (χ0n) is 12.7. The molecule has 1 heteroatoms. The monoisotopic (exact) mass is 239 g/mol. The summed E-state index contributed by atoms with van der Waals surface area (Å²) in [6.07, 6.45) is 8.47. The van der Waals surface area contributed by atoms with Crippen LogP contribution in [0.5, 0.6) is 0 Å². The fourth-order valence-electron chi connectivity index (χ4n) is 3.24. The smallest absolute Gasteiger partial charge is 0.00953 e. The van der Waals surface area contributed by atoms with Crippen LogP contribution >= 0.6 is 0 Å². The Bertz CT molecular complexity index is 204. The third-order valence-corrected chi connectivity index (χ3v) is 4.21. The van der Waals surface area contributed by atoms with E-state index in [1.807, 2.05) is 0 Å². The van der Waals surface area contributed by atoms with Crippen LogP contribution in [0.3, 0.4) is 0 Å². The molecule has 0 aliphatic heterocycles. The van der Waals surface area contributed by atoms with Gasteiger partial charge in [-0.2, -0.15) is 0 Å². The highest BCUT2D eigenvalue weighted by Crippen LogP contribution is 2.34. The highest BCUT2D eigenvalue weighted by atomic mass is 14.9. The summed E-state index contributed by atoms with van der Waals surface area (Å²) in [6, 6.07) is 0.785. The molecule has 1 rings (SSSR count). The standard InChI is InChI=1S/C16H33N/c1-6-17-15(8-7-11-16(3,4)5)14-10-9-13(2)12-14/h13-15,17H,6-12H2,1-5H3. The largest absolute Gasteiger partial charge is 0.314 e. The maximum absolute atomic E-state index is 3.73. The van der Waals surface area contributed by atoms with Crippen LogP contribution in [0.15, 0.2) is 0 Å². The third-order valence-electron chi connectivity index (χ3n) is 4.21. The van der Waals surface area contributed by atoms with Crippen LogP contribution in [0.25, 0.3) is 0 Å². The molecule has 0 aromatic carbocycles. The van der Waals surface area contributed by atoms with E-state index in [2.05, 4.69) is 39.9 Å². The highest BCUT2D eigenvalue weighted by molar-refractivity contribution is 4.83. The lowest BCUT2D eigenvalue weighted by molar-refractivity contribution is 0.298. The van der Waals surface area contributed by atoms with Gasteiger partial charge in [0, 0.05) is 6.04 Å². The van der Waals surface area contributed by atoms with Crippen molar-refractivity contribution in [3.05, 3.63) is 0 Å². The van der Waals surface area contributed by atoms with Gasteiger partial charge in [-0.25, -0.2) is 0 Å². The van der Waals surface area contributed by atoms with Gasteiger partial charge < -0.3 is 5.32 Å². The first-order valence-electron chi connectivity index (χ1n) is 7.65. The Balaban J connectivity index is 2.33. The Morgan fingerprint density at radius 3 is 2.41 bits per heavy atom. The first-order chi connectivity index (χ1) is 7.92. The van der Waals surface area contributed by atoms with Gasteiger partial charge in [0.15, 0.2) is 0 Å². The van der Waals surface area contributed by atoms with Gasteiger partial charge in [0.05, 0.1) is 0 Å². The molecule has 0 bridgehead atoms. The summed E-state index contributed by atoms with van der Waals surface area (Å²) in [4.78, 5) is 0. The predicted octanol–water partition coefficient (Wildman–Crippen LogP) is 4.62. The second kappa shape index (κ2) is 6.78. The van der Waals surface area contributed by atoms with Crippen molar-refractivity contribution in [2.75, 3.05) is 6.54 Å². The maximum Gasteiger partial charge on any atom is 0.00953 e. The summed E-state index contributed by atoms with van der Waals surface area (Å²) in [7, 11) is 0. The van der Waals surface area contributed by atoms with Crippen LogP contribution < -0.4 is 5.32 Å². The lowest BCUT2D eigenvalue weighted by Gasteiger charge is -2.26. The fraction of sp³-hybridized carbons (Fsp3) is 1.00. The normalized spacial score (nSPS) is 27.4. The lowest BCUT2D eigenvalue weighted by atomic mass is 9.86. The van der Waals surface area contributed by atoms with Crippen molar-refractivity contribution in [2.45, 2.75) is 79.2 Å². The molecule has 1 nitrogen and oxygen atoms in total. The van der Waals surface area contributed by atoms with Crippen LogP contribution in [0.2, 0.25) is 0 Å². The molecule has 0 aromatic heterocycles. The van der Waals surface area contributed by atoms with E-state index in [1.54, 1.807) is 0 Å². The van der Waals surface area contributed by atoms with Crippen molar-refractivity contribution in [2.24, 2.45) is 17.3 Å². The number of nitrogens with one attached hydrogen (secondary N) is 1. The van der Waals surface area contributed by atoms with E-state index in [1.165, 1.54) is 38.5 Å². The Morgan fingerprint density at radius 2 is 1.94 bits per heavy atom. The molecule has 0 saturated heterocycles. The Labute approximate surface area is 109 Å². The third kappa shape index (κ3) is 5.90. The summed E-state index contributed by atoms with van der Waals surface area (Å²) in [5.74, 6) is 1.91. The summed E-state index contributed by atoms with van der Waals surface area (Å²) in [5, 5.41) is 3.73. The number of hydrogen-bond acceptors (Lipinski definition) is 1. The summed E-state index contributed by atoms with van der Waals surface area (Å²) < 4.78 is 0. The van der Waals surface area contributed by atoms with E-state index in [4.69, 9.17) is 0 Å². The Hall–Kier alpha value is -0.0400. The first-order valence-corrected chi connectivity index (χ1v) is 7.65. The van der Waals surface area contributed by atoms with Crippen molar-refractivity contribution in [1.82, 2.24) is 5.32 Å². The Kier molecular flexibility index (Phi) is 5.99. The fourth-order valence-corrected chi connectivity index (χ4v) is 3.24. The minimum atomic E-state index is 0.500. The second-order valence-corrected chi connectivity index (χ2v) is 7.30. The van der Waals surface area contributed by atoms with Gasteiger partial charge in [-0.15, -0.1) is 0 Å². The van der Waals surface area contributed by atoms with Crippen molar-refractivity contribution >= 4 is 0 Å². The molecule has 3 unspecified atom stereocenters. The van der Waals surface area contributed by atoms with Gasteiger partial charge in [0.2, 0.25) is 0 Å². The zero-order chi connectivity index (χ0) is 12.9. The molecule has 3 atom stereocenters. The van der Waals surface area contributed by atoms with Crippen LogP contribution in [0, 0.1) is 17.3 Å². The van der Waals surface area contributed by atoms with E-state index in [0.717, 1.165) is 24.4 Å². The van der Waals surface area contributed by atoms with Crippen LogP contribution in [0.1, 0.15) is 73.1 Å². The summed E-state index contributed by atoms with van der Waals surface area (Å²) >= 11 is 0. The minimum Gasteiger partial charge on any atom is -0.314 e. The molecule has 0 aromatic rings. The van der Waals surface area contributed by atoms with Crippen molar-refractivity contribution in [1.29, 1.82) is 0 Å². The molecule has 1 aliphatic rings. The molecule has 1 N–H and O–H groups in total. The predicted molar refractivity (Wildman–Crippen MR) is 77.3 cm³/mol. The Morgan fingerprint density at radius 1 is 1.24 bits per heavy atom. The van der Waals surface area contributed by atoms with Gasteiger partial charge in [-0.3, -0.25) is 0 Å². The molecule has 1 aliphatic carbocycles. The van der Waals surface area contributed by atoms with E-state index in [9.17, 15) is 0 Å². The summed E-state index contributed by atoms with van der Waals surface area (Å²) in [5.41, 5.74) is 0.500. The van der Waals surface area contributed by atoms with E-state index >= 15 is 0 Å². The van der Waals surface area contributed by atoms with Gasteiger partial charge in [0.25, 0.3) is 0 Å².